The molecule has 1 saturated heterocycles. The standard InChI is InChI=1S/C14H21ClN2/c1-10-9-17(3)11(2)8-14(10)16-13-6-4-12(15)5-7-13/h4-7,10-11,14,16H,8-9H2,1-3H3. The monoisotopic (exact) mass is 252 g/mol. The van der Waals surface area contributed by atoms with E-state index in [9.17, 15) is 0 Å². The molecule has 0 amide bonds. The Morgan fingerprint density at radius 3 is 2.53 bits per heavy atom. The fraction of sp³-hybridized carbons (Fsp3) is 0.571. The largest absolute Gasteiger partial charge is 0.382 e. The van der Waals surface area contributed by atoms with Crippen molar-refractivity contribution < 1.29 is 0 Å². The van der Waals surface area contributed by atoms with Crippen LogP contribution in [-0.2, 0) is 0 Å². The third kappa shape index (κ3) is 3.14. The Morgan fingerprint density at radius 1 is 1.24 bits per heavy atom. The van der Waals surface area contributed by atoms with Crippen LogP contribution < -0.4 is 5.32 Å². The number of rotatable bonds is 2. The average molecular weight is 253 g/mol. The minimum absolute atomic E-state index is 0.558. The highest BCUT2D eigenvalue weighted by molar-refractivity contribution is 6.30. The number of hydrogen-bond donors (Lipinski definition) is 1. The maximum atomic E-state index is 5.89. The lowest BCUT2D eigenvalue weighted by molar-refractivity contribution is 0.145. The number of hydrogen-bond acceptors (Lipinski definition) is 2. The van der Waals surface area contributed by atoms with E-state index in [1.54, 1.807) is 0 Å². The Kier molecular flexibility index (Phi) is 3.95. The minimum Gasteiger partial charge on any atom is -0.382 e. The van der Waals surface area contributed by atoms with Gasteiger partial charge in [-0.1, -0.05) is 18.5 Å². The first-order valence-electron chi connectivity index (χ1n) is 6.28. The molecule has 17 heavy (non-hydrogen) atoms. The molecule has 1 aliphatic rings. The molecular weight excluding hydrogens is 232 g/mol. The maximum Gasteiger partial charge on any atom is 0.0407 e. The van der Waals surface area contributed by atoms with E-state index in [4.69, 9.17) is 11.6 Å². The first-order valence-corrected chi connectivity index (χ1v) is 6.66. The van der Waals surface area contributed by atoms with Crippen LogP contribution >= 0.6 is 11.6 Å². The molecule has 0 spiro atoms. The van der Waals surface area contributed by atoms with E-state index in [0.717, 1.165) is 11.6 Å². The first kappa shape index (κ1) is 12.7. The fourth-order valence-corrected chi connectivity index (χ4v) is 2.63. The zero-order valence-corrected chi connectivity index (χ0v) is 11.5. The van der Waals surface area contributed by atoms with Crippen molar-refractivity contribution in [2.45, 2.75) is 32.4 Å². The summed E-state index contributed by atoms with van der Waals surface area (Å²) < 4.78 is 0. The van der Waals surface area contributed by atoms with Gasteiger partial charge in [0.05, 0.1) is 0 Å². The van der Waals surface area contributed by atoms with E-state index < -0.39 is 0 Å². The van der Waals surface area contributed by atoms with Gasteiger partial charge in [-0.25, -0.2) is 0 Å². The highest BCUT2D eigenvalue weighted by Gasteiger charge is 2.28. The molecule has 3 atom stereocenters. The molecule has 0 bridgehead atoms. The van der Waals surface area contributed by atoms with Gasteiger partial charge in [-0.05, 0) is 50.6 Å². The van der Waals surface area contributed by atoms with Gasteiger partial charge >= 0.3 is 0 Å². The normalized spacial score (nSPS) is 30.2. The Bertz CT molecular complexity index is 363. The lowest BCUT2D eigenvalue weighted by atomic mass is 9.89. The van der Waals surface area contributed by atoms with E-state index >= 15 is 0 Å². The second-order valence-electron chi connectivity index (χ2n) is 5.26. The lowest BCUT2D eigenvalue weighted by Crippen LogP contribution is -2.48. The number of nitrogens with zero attached hydrogens (tertiary/aromatic N) is 1. The Balaban J connectivity index is 2.00. The van der Waals surface area contributed by atoms with Gasteiger partial charge in [-0.2, -0.15) is 0 Å². The van der Waals surface area contributed by atoms with Crippen molar-refractivity contribution in [2.75, 3.05) is 18.9 Å². The number of anilines is 1. The van der Waals surface area contributed by atoms with Crippen LogP contribution in [-0.4, -0.2) is 30.6 Å². The van der Waals surface area contributed by atoms with Gasteiger partial charge in [0.2, 0.25) is 0 Å². The Labute approximate surface area is 109 Å². The van der Waals surface area contributed by atoms with Crippen LogP contribution in [0.25, 0.3) is 0 Å². The molecule has 1 aromatic carbocycles. The van der Waals surface area contributed by atoms with Gasteiger partial charge in [0.25, 0.3) is 0 Å². The summed E-state index contributed by atoms with van der Waals surface area (Å²) in [6.07, 6.45) is 1.19. The zero-order chi connectivity index (χ0) is 12.4. The van der Waals surface area contributed by atoms with Crippen molar-refractivity contribution in [2.24, 2.45) is 5.92 Å². The second-order valence-corrected chi connectivity index (χ2v) is 5.70. The van der Waals surface area contributed by atoms with E-state index in [-0.39, 0.29) is 0 Å². The molecule has 3 heteroatoms. The van der Waals surface area contributed by atoms with Crippen LogP contribution in [0.4, 0.5) is 5.69 Å². The predicted octanol–water partition coefficient (Wildman–Crippen LogP) is 3.48. The molecule has 2 nitrogen and oxygen atoms in total. The molecule has 1 aromatic rings. The van der Waals surface area contributed by atoms with Gasteiger partial charge in [0, 0.05) is 29.3 Å². The van der Waals surface area contributed by atoms with Crippen LogP contribution in [0.3, 0.4) is 0 Å². The van der Waals surface area contributed by atoms with E-state index in [1.165, 1.54) is 12.1 Å². The topological polar surface area (TPSA) is 15.3 Å². The molecule has 1 heterocycles. The minimum atomic E-state index is 0.558. The SMILES string of the molecule is CC1CN(C)C(C)CC1Nc1ccc(Cl)cc1. The van der Waals surface area contributed by atoms with Gasteiger partial charge in [0.1, 0.15) is 0 Å². The second kappa shape index (κ2) is 5.28. The molecule has 1 aliphatic heterocycles. The molecule has 94 valence electrons. The predicted molar refractivity (Wildman–Crippen MR) is 74.7 cm³/mol. The summed E-state index contributed by atoms with van der Waals surface area (Å²) in [5.41, 5.74) is 1.17. The van der Waals surface area contributed by atoms with Crippen LogP contribution in [0.2, 0.25) is 5.02 Å². The average Bonchev–Trinajstić information content (AvgIpc) is 2.29. The summed E-state index contributed by atoms with van der Waals surface area (Å²) in [7, 11) is 2.21. The quantitative estimate of drug-likeness (QED) is 0.867. The van der Waals surface area contributed by atoms with Crippen molar-refractivity contribution in [1.29, 1.82) is 0 Å². The lowest BCUT2D eigenvalue weighted by Gasteiger charge is -2.40. The highest BCUT2D eigenvalue weighted by Crippen LogP contribution is 2.24. The fourth-order valence-electron chi connectivity index (χ4n) is 2.50. The van der Waals surface area contributed by atoms with Crippen molar-refractivity contribution in [3.8, 4) is 0 Å². The number of likely N-dealkylation sites (tertiary alicyclic amines) is 1. The number of benzene rings is 1. The van der Waals surface area contributed by atoms with Crippen LogP contribution in [0.1, 0.15) is 20.3 Å². The van der Waals surface area contributed by atoms with Crippen LogP contribution in [0.15, 0.2) is 24.3 Å². The maximum absolute atomic E-state index is 5.89. The van der Waals surface area contributed by atoms with Crippen molar-refractivity contribution >= 4 is 17.3 Å². The van der Waals surface area contributed by atoms with Gasteiger partial charge in [-0.3, -0.25) is 0 Å². The number of nitrogens with one attached hydrogen (secondary N) is 1. The summed E-state index contributed by atoms with van der Waals surface area (Å²) in [6.45, 7) is 5.77. The molecule has 3 unspecified atom stereocenters. The summed E-state index contributed by atoms with van der Waals surface area (Å²) in [5, 5.41) is 4.42. The summed E-state index contributed by atoms with van der Waals surface area (Å²) >= 11 is 5.89. The van der Waals surface area contributed by atoms with Crippen molar-refractivity contribution in [3.63, 3.8) is 0 Å². The number of piperidine rings is 1. The molecule has 2 rings (SSSR count). The van der Waals surface area contributed by atoms with Crippen molar-refractivity contribution in [3.05, 3.63) is 29.3 Å². The van der Waals surface area contributed by atoms with Gasteiger partial charge in [0.15, 0.2) is 0 Å². The van der Waals surface area contributed by atoms with Crippen LogP contribution in [0, 0.1) is 5.92 Å². The molecule has 0 saturated carbocycles. The van der Waals surface area contributed by atoms with Gasteiger partial charge in [-0.15, -0.1) is 0 Å². The van der Waals surface area contributed by atoms with E-state index in [1.807, 2.05) is 12.1 Å². The zero-order valence-electron chi connectivity index (χ0n) is 10.8. The number of halogens is 1. The third-order valence-electron chi connectivity index (χ3n) is 3.81. The molecule has 0 radical (unpaired) electrons. The molecular formula is C14H21ClN2. The van der Waals surface area contributed by atoms with E-state index in [0.29, 0.717) is 18.0 Å². The molecule has 1 N–H and O–H groups in total. The Hall–Kier alpha value is -0.730. The van der Waals surface area contributed by atoms with Crippen molar-refractivity contribution in [1.82, 2.24) is 4.90 Å². The molecule has 0 aliphatic carbocycles. The smallest absolute Gasteiger partial charge is 0.0407 e. The summed E-state index contributed by atoms with van der Waals surface area (Å²) in [4.78, 5) is 2.44. The van der Waals surface area contributed by atoms with Crippen LogP contribution in [0.5, 0.6) is 0 Å². The summed E-state index contributed by atoms with van der Waals surface area (Å²) in [6, 6.07) is 9.19. The highest BCUT2D eigenvalue weighted by atomic mass is 35.5. The molecule has 1 fully saturated rings. The first-order chi connectivity index (χ1) is 8.06. The Morgan fingerprint density at radius 2 is 1.88 bits per heavy atom. The third-order valence-corrected chi connectivity index (χ3v) is 4.06. The summed E-state index contributed by atoms with van der Waals surface area (Å²) in [5.74, 6) is 0.673. The van der Waals surface area contributed by atoms with E-state index in [2.05, 4.69) is 43.2 Å². The molecule has 0 aromatic heterocycles. The van der Waals surface area contributed by atoms with Gasteiger partial charge < -0.3 is 10.2 Å².